The van der Waals surface area contributed by atoms with Gasteiger partial charge in [0.2, 0.25) is 0 Å². The Hall–Kier alpha value is -0.310. The van der Waals surface area contributed by atoms with E-state index in [1.165, 1.54) is 38.5 Å². The van der Waals surface area contributed by atoms with Crippen LogP contribution in [0.4, 0.5) is 0 Å². The molecule has 2 N–H and O–H groups in total. The van der Waals surface area contributed by atoms with Gasteiger partial charge in [0.05, 0.1) is 0 Å². The summed E-state index contributed by atoms with van der Waals surface area (Å²) in [4.78, 5) is 0. The van der Waals surface area contributed by atoms with Gasteiger partial charge >= 0.3 is 0 Å². The first-order chi connectivity index (χ1) is 8.19. The molecule has 17 heavy (non-hydrogen) atoms. The van der Waals surface area contributed by atoms with Gasteiger partial charge in [-0.15, -0.1) is 0 Å². The zero-order valence-corrected chi connectivity index (χ0v) is 11.3. The summed E-state index contributed by atoms with van der Waals surface area (Å²) < 4.78 is 0. The van der Waals surface area contributed by atoms with E-state index in [0.717, 1.165) is 35.8 Å². The molecule has 0 aliphatic heterocycles. The molecular weight excluding hydrogens is 228 g/mol. The summed E-state index contributed by atoms with van der Waals surface area (Å²) in [5.74, 6) is 2.93. The molecule has 0 aromatic carbocycles. The lowest BCUT2D eigenvalue weighted by Crippen LogP contribution is -2.61. The van der Waals surface area contributed by atoms with E-state index in [0.29, 0.717) is 5.54 Å². The highest BCUT2D eigenvalue weighted by molar-refractivity contribution is 7.80. The zero-order valence-electron chi connectivity index (χ0n) is 10.5. The summed E-state index contributed by atoms with van der Waals surface area (Å²) >= 11 is 5.40. The van der Waals surface area contributed by atoms with E-state index < -0.39 is 0 Å². The van der Waals surface area contributed by atoms with Gasteiger partial charge in [-0.25, -0.2) is 0 Å². The van der Waals surface area contributed by atoms with Crippen molar-refractivity contribution >= 4 is 17.3 Å². The Morgan fingerprint density at radius 1 is 1.12 bits per heavy atom. The van der Waals surface area contributed by atoms with Crippen LogP contribution in [0.3, 0.4) is 0 Å². The van der Waals surface area contributed by atoms with Gasteiger partial charge in [0.25, 0.3) is 0 Å². The maximum atomic E-state index is 5.40. The average Bonchev–Trinajstić information content (AvgIpc) is 2.23. The van der Waals surface area contributed by atoms with Crippen molar-refractivity contribution in [3.8, 4) is 0 Å². The van der Waals surface area contributed by atoms with Crippen molar-refractivity contribution in [2.24, 2.45) is 17.8 Å². The molecule has 2 nitrogen and oxygen atoms in total. The van der Waals surface area contributed by atoms with Gasteiger partial charge in [0.15, 0.2) is 5.11 Å². The predicted octanol–water partition coefficient (Wildman–Crippen LogP) is 2.64. The second kappa shape index (κ2) is 4.42. The zero-order chi connectivity index (χ0) is 11.9. The molecule has 0 saturated heterocycles. The van der Waals surface area contributed by atoms with Gasteiger partial charge < -0.3 is 10.6 Å². The van der Waals surface area contributed by atoms with Gasteiger partial charge in [-0.2, -0.15) is 0 Å². The molecule has 0 spiro atoms. The first-order valence-electron chi connectivity index (χ1n) is 7.04. The van der Waals surface area contributed by atoms with E-state index in [2.05, 4.69) is 17.6 Å². The number of thiocarbonyl (C=S) groups is 1. The van der Waals surface area contributed by atoms with Gasteiger partial charge in [0.1, 0.15) is 0 Å². The van der Waals surface area contributed by atoms with E-state index in [9.17, 15) is 0 Å². The fourth-order valence-corrected chi connectivity index (χ4v) is 5.07. The second-order valence-electron chi connectivity index (χ2n) is 6.43. The average molecular weight is 251 g/mol. The topological polar surface area (TPSA) is 24.1 Å². The molecule has 4 aliphatic rings. The van der Waals surface area contributed by atoms with Crippen LogP contribution in [0.2, 0.25) is 0 Å². The smallest absolute Gasteiger partial charge is 0.166 e. The fraction of sp³-hybridized carbons (Fsp3) is 0.857. The minimum atomic E-state index is 0.347. The molecule has 95 valence electrons. The van der Waals surface area contributed by atoms with E-state index in [4.69, 9.17) is 12.2 Å². The van der Waals surface area contributed by atoms with E-state index >= 15 is 0 Å². The Bertz CT molecular complexity index is 278. The number of rotatable bonds is 3. The molecule has 4 fully saturated rings. The molecule has 0 atom stereocenters. The largest absolute Gasteiger partial charge is 0.363 e. The molecule has 4 rings (SSSR count). The SMILES string of the molecule is [CH2]CCNC(=S)NC12CC3CC(CC(C3)C1)C2. The summed E-state index contributed by atoms with van der Waals surface area (Å²) in [6.07, 6.45) is 9.41. The lowest BCUT2D eigenvalue weighted by Gasteiger charge is -2.57. The molecule has 0 aromatic heterocycles. The number of hydrogen-bond donors (Lipinski definition) is 2. The van der Waals surface area contributed by atoms with Crippen molar-refractivity contribution < 1.29 is 0 Å². The molecule has 4 bridgehead atoms. The molecular formula is C14H23N2S. The third-order valence-electron chi connectivity index (χ3n) is 4.88. The highest BCUT2D eigenvalue weighted by Crippen LogP contribution is 2.55. The molecule has 4 aliphatic carbocycles. The highest BCUT2D eigenvalue weighted by Gasteiger charge is 2.51. The van der Waals surface area contributed by atoms with E-state index in [1.54, 1.807) is 0 Å². The molecule has 0 unspecified atom stereocenters. The van der Waals surface area contributed by atoms with E-state index in [1.807, 2.05) is 0 Å². The Balaban J connectivity index is 1.64. The lowest BCUT2D eigenvalue weighted by molar-refractivity contribution is -0.0101. The van der Waals surface area contributed by atoms with Gasteiger partial charge in [0, 0.05) is 12.1 Å². The van der Waals surface area contributed by atoms with Crippen LogP contribution in [0.15, 0.2) is 0 Å². The first-order valence-corrected chi connectivity index (χ1v) is 7.45. The number of hydrogen-bond acceptors (Lipinski definition) is 1. The van der Waals surface area contributed by atoms with Crippen molar-refractivity contribution in [3.05, 3.63) is 6.92 Å². The van der Waals surface area contributed by atoms with Gasteiger partial charge in [-0.05, 0) is 74.9 Å². The van der Waals surface area contributed by atoms with Crippen molar-refractivity contribution in [1.82, 2.24) is 10.6 Å². The van der Waals surface area contributed by atoms with Crippen LogP contribution in [-0.4, -0.2) is 17.2 Å². The first kappa shape index (κ1) is 11.8. The number of nitrogens with one attached hydrogen (secondary N) is 2. The van der Waals surface area contributed by atoms with Crippen LogP contribution >= 0.6 is 12.2 Å². The summed E-state index contributed by atoms with van der Waals surface area (Å²) in [7, 11) is 0. The summed E-state index contributed by atoms with van der Waals surface area (Å²) in [5.41, 5.74) is 0.347. The molecule has 1 radical (unpaired) electrons. The Morgan fingerprint density at radius 3 is 2.12 bits per heavy atom. The van der Waals surface area contributed by atoms with Crippen LogP contribution in [0.5, 0.6) is 0 Å². The van der Waals surface area contributed by atoms with Crippen molar-refractivity contribution in [2.45, 2.75) is 50.5 Å². The standard InChI is InChI=1S/C14H23N2S/c1-2-3-15-13(17)16-14-7-10-4-11(8-14)6-12(5-10)9-14/h10-12H,1-9H2,(H2,15,16,17). The lowest BCUT2D eigenvalue weighted by atomic mass is 9.53. The van der Waals surface area contributed by atoms with Gasteiger partial charge in [-0.3, -0.25) is 0 Å². The normalized spacial score (nSPS) is 42.5. The molecule has 3 heteroatoms. The van der Waals surface area contributed by atoms with Crippen LogP contribution in [-0.2, 0) is 0 Å². The van der Waals surface area contributed by atoms with Crippen molar-refractivity contribution in [3.63, 3.8) is 0 Å². The summed E-state index contributed by atoms with van der Waals surface area (Å²) in [6.45, 7) is 4.72. The van der Waals surface area contributed by atoms with Crippen LogP contribution < -0.4 is 10.6 Å². The summed E-state index contributed by atoms with van der Waals surface area (Å²) in [5, 5.41) is 7.77. The van der Waals surface area contributed by atoms with E-state index in [-0.39, 0.29) is 0 Å². The maximum Gasteiger partial charge on any atom is 0.166 e. The van der Waals surface area contributed by atoms with Crippen LogP contribution in [0, 0.1) is 24.7 Å². The third kappa shape index (κ3) is 2.31. The Kier molecular flexibility index (Phi) is 3.06. The Labute approximate surface area is 110 Å². The monoisotopic (exact) mass is 251 g/mol. The maximum absolute atomic E-state index is 5.40. The van der Waals surface area contributed by atoms with Gasteiger partial charge in [-0.1, -0.05) is 6.92 Å². The molecule has 4 saturated carbocycles. The summed E-state index contributed by atoms with van der Waals surface area (Å²) in [6, 6.07) is 0. The van der Waals surface area contributed by atoms with Crippen LogP contribution in [0.25, 0.3) is 0 Å². The molecule has 0 aromatic rings. The molecule has 0 heterocycles. The minimum Gasteiger partial charge on any atom is -0.363 e. The highest BCUT2D eigenvalue weighted by atomic mass is 32.1. The fourth-order valence-electron chi connectivity index (χ4n) is 4.75. The second-order valence-corrected chi connectivity index (χ2v) is 6.84. The molecule has 0 amide bonds. The Morgan fingerprint density at radius 2 is 1.65 bits per heavy atom. The minimum absolute atomic E-state index is 0.347. The quantitative estimate of drug-likeness (QED) is 0.754. The third-order valence-corrected chi connectivity index (χ3v) is 5.13. The van der Waals surface area contributed by atoms with Crippen molar-refractivity contribution in [1.29, 1.82) is 0 Å². The predicted molar refractivity (Wildman–Crippen MR) is 74.6 cm³/mol. The van der Waals surface area contributed by atoms with Crippen LogP contribution in [0.1, 0.15) is 44.9 Å². The van der Waals surface area contributed by atoms with Crippen molar-refractivity contribution in [2.75, 3.05) is 6.54 Å².